The van der Waals surface area contributed by atoms with Crippen molar-refractivity contribution in [3.8, 4) is 11.4 Å². The van der Waals surface area contributed by atoms with Crippen molar-refractivity contribution in [2.24, 2.45) is 5.92 Å². The van der Waals surface area contributed by atoms with Gasteiger partial charge in [0.05, 0.1) is 6.54 Å². The number of hydrogen-bond acceptors (Lipinski definition) is 6. The van der Waals surface area contributed by atoms with Crippen molar-refractivity contribution >= 4 is 5.91 Å². The zero-order valence-corrected chi connectivity index (χ0v) is 22.0. The predicted octanol–water partition coefficient (Wildman–Crippen LogP) is 4.95. The molecule has 7 nitrogen and oxygen atoms in total. The minimum absolute atomic E-state index is 0.0596. The van der Waals surface area contributed by atoms with Crippen LogP contribution in [0.3, 0.4) is 0 Å². The van der Waals surface area contributed by atoms with Crippen molar-refractivity contribution in [3.63, 3.8) is 0 Å². The molecular weight excluding hydrogens is 462 g/mol. The monoisotopic (exact) mass is 501 g/mol. The number of aromatic nitrogens is 2. The highest BCUT2D eigenvalue weighted by molar-refractivity contribution is 5.78. The fourth-order valence-corrected chi connectivity index (χ4v) is 5.33. The number of carbonyl (C=O) groups is 1. The van der Waals surface area contributed by atoms with Crippen LogP contribution in [0, 0.1) is 12.8 Å². The minimum Gasteiger partial charge on any atom is -0.352 e. The Kier molecular flexibility index (Phi) is 8.64. The number of carbonyl (C=O) groups excluding carboxylic acids is 1. The summed E-state index contributed by atoms with van der Waals surface area (Å²) in [6.45, 7) is 8.42. The first-order valence-electron chi connectivity index (χ1n) is 13.8. The van der Waals surface area contributed by atoms with Crippen LogP contribution in [-0.2, 0) is 24.4 Å². The molecule has 2 saturated heterocycles. The number of hydrogen-bond donors (Lipinski definition) is 1. The fraction of sp³-hybridized carbons (Fsp3) is 0.500. The molecule has 3 heterocycles. The standard InChI is InChI=1S/C30H39N5O2/c1-23-6-12-26(13-7-23)29-32-28(37-33-29)22-35-18-14-27(15-19-35)30(36)31-20-24-8-10-25(11-9-24)21-34-16-4-2-3-5-17-34/h6-13,27H,2-5,14-22H2,1H3,(H,31,36). The maximum atomic E-state index is 12.8. The van der Waals surface area contributed by atoms with Gasteiger partial charge in [-0.05, 0) is 69.9 Å². The molecule has 1 amide bonds. The van der Waals surface area contributed by atoms with Gasteiger partial charge in [-0.25, -0.2) is 0 Å². The molecule has 7 heteroatoms. The van der Waals surface area contributed by atoms with Gasteiger partial charge in [-0.1, -0.05) is 72.1 Å². The Bertz CT molecular complexity index is 1130. The van der Waals surface area contributed by atoms with Crippen LogP contribution in [0.4, 0.5) is 0 Å². The van der Waals surface area contributed by atoms with E-state index in [4.69, 9.17) is 4.52 Å². The van der Waals surface area contributed by atoms with Crippen molar-refractivity contribution in [1.82, 2.24) is 25.3 Å². The highest BCUT2D eigenvalue weighted by Gasteiger charge is 2.26. The fourth-order valence-electron chi connectivity index (χ4n) is 5.33. The van der Waals surface area contributed by atoms with Crippen LogP contribution >= 0.6 is 0 Å². The van der Waals surface area contributed by atoms with Gasteiger partial charge in [0.25, 0.3) is 0 Å². The molecule has 2 aliphatic heterocycles. The Labute approximate surface area is 220 Å². The Morgan fingerprint density at radius 1 is 0.865 bits per heavy atom. The lowest BCUT2D eigenvalue weighted by Gasteiger charge is -2.30. The molecule has 0 atom stereocenters. The molecule has 0 bridgehead atoms. The molecule has 0 spiro atoms. The van der Waals surface area contributed by atoms with Gasteiger partial charge in [-0.3, -0.25) is 14.6 Å². The van der Waals surface area contributed by atoms with Gasteiger partial charge >= 0.3 is 0 Å². The SMILES string of the molecule is Cc1ccc(-c2noc(CN3CCC(C(=O)NCc4ccc(CN5CCCCCC5)cc4)CC3)n2)cc1. The van der Waals surface area contributed by atoms with Gasteiger partial charge in [0.2, 0.25) is 17.6 Å². The molecule has 5 rings (SSSR count). The number of aryl methyl sites for hydroxylation is 1. The number of likely N-dealkylation sites (tertiary alicyclic amines) is 2. The largest absolute Gasteiger partial charge is 0.352 e. The van der Waals surface area contributed by atoms with Crippen molar-refractivity contribution in [3.05, 3.63) is 71.1 Å². The number of nitrogens with one attached hydrogen (secondary N) is 1. The Morgan fingerprint density at radius 2 is 1.51 bits per heavy atom. The van der Waals surface area contributed by atoms with E-state index < -0.39 is 0 Å². The van der Waals surface area contributed by atoms with Crippen molar-refractivity contribution in [2.45, 2.75) is 65.1 Å². The van der Waals surface area contributed by atoms with Crippen LogP contribution in [0.1, 0.15) is 61.1 Å². The van der Waals surface area contributed by atoms with Crippen LogP contribution in [0.15, 0.2) is 53.1 Å². The lowest BCUT2D eigenvalue weighted by molar-refractivity contribution is -0.126. The molecule has 37 heavy (non-hydrogen) atoms. The number of rotatable bonds is 8. The summed E-state index contributed by atoms with van der Waals surface area (Å²) in [6, 6.07) is 16.9. The number of nitrogens with zero attached hydrogens (tertiary/aromatic N) is 4. The first-order chi connectivity index (χ1) is 18.1. The van der Waals surface area contributed by atoms with E-state index in [1.807, 2.05) is 24.3 Å². The van der Waals surface area contributed by atoms with Crippen LogP contribution in [0.2, 0.25) is 0 Å². The number of benzene rings is 2. The molecule has 3 aromatic rings. The summed E-state index contributed by atoms with van der Waals surface area (Å²) in [5.41, 5.74) is 4.68. The van der Waals surface area contributed by atoms with E-state index in [1.165, 1.54) is 49.9 Å². The van der Waals surface area contributed by atoms with E-state index in [1.54, 1.807) is 0 Å². The molecule has 2 fully saturated rings. The first kappa shape index (κ1) is 25.6. The van der Waals surface area contributed by atoms with E-state index in [0.717, 1.165) is 43.6 Å². The zero-order valence-electron chi connectivity index (χ0n) is 22.0. The van der Waals surface area contributed by atoms with Gasteiger partial charge in [0.1, 0.15) is 0 Å². The molecule has 1 aromatic heterocycles. The zero-order chi connectivity index (χ0) is 25.5. The quantitative estimate of drug-likeness (QED) is 0.471. The highest BCUT2D eigenvalue weighted by Crippen LogP contribution is 2.21. The van der Waals surface area contributed by atoms with Gasteiger partial charge in [0.15, 0.2) is 0 Å². The van der Waals surface area contributed by atoms with E-state index in [2.05, 4.69) is 56.4 Å². The third-order valence-electron chi connectivity index (χ3n) is 7.69. The summed E-state index contributed by atoms with van der Waals surface area (Å²) in [5, 5.41) is 7.30. The van der Waals surface area contributed by atoms with E-state index in [9.17, 15) is 4.79 Å². The molecular formula is C30H39N5O2. The summed E-state index contributed by atoms with van der Waals surface area (Å²) < 4.78 is 5.49. The second kappa shape index (κ2) is 12.5. The summed E-state index contributed by atoms with van der Waals surface area (Å²) in [6.07, 6.45) is 7.05. The Balaban J connectivity index is 1.03. The van der Waals surface area contributed by atoms with Crippen LogP contribution in [0.5, 0.6) is 0 Å². The average Bonchev–Trinajstić information content (AvgIpc) is 3.23. The normalized spacial score (nSPS) is 18.0. The molecule has 0 radical (unpaired) electrons. The highest BCUT2D eigenvalue weighted by atomic mass is 16.5. The topological polar surface area (TPSA) is 74.5 Å². The maximum absolute atomic E-state index is 12.8. The Hall–Kier alpha value is -3.03. The van der Waals surface area contributed by atoms with E-state index in [0.29, 0.717) is 24.8 Å². The third kappa shape index (κ3) is 7.27. The summed E-state index contributed by atoms with van der Waals surface area (Å²) in [5.74, 6) is 1.47. The van der Waals surface area contributed by atoms with Gasteiger partial charge < -0.3 is 9.84 Å². The molecule has 0 aliphatic carbocycles. The molecule has 196 valence electrons. The molecule has 2 aromatic carbocycles. The van der Waals surface area contributed by atoms with Gasteiger partial charge in [-0.2, -0.15) is 4.98 Å². The van der Waals surface area contributed by atoms with Gasteiger partial charge in [0, 0.05) is 24.6 Å². The van der Waals surface area contributed by atoms with Crippen LogP contribution in [0.25, 0.3) is 11.4 Å². The number of amides is 1. The molecule has 0 unspecified atom stereocenters. The maximum Gasteiger partial charge on any atom is 0.241 e. The Morgan fingerprint density at radius 3 is 2.22 bits per heavy atom. The predicted molar refractivity (Wildman–Crippen MR) is 145 cm³/mol. The van der Waals surface area contributed by atoms with E-state index >= 15 is 0 Å². The van der Waals surface area contributed by atoms with E-state index in [-0.39, 0.29) is 11.8 Å². The minimum atomic E-state index is 0.0596. The summed E-state index contributed by atoms with van der Waals surface area (Å²) in [7, 11) is 0. The lowest BCUT2D eigenvalue weighted by Crippen LogP contribution is -2.40. The second-order valence-corrected chi connectivity index (χ2v) is 10.7. The van der Waals surface area contributed by atoms with Crippen molar-refractivity contribution in [2.75, 3.05) is 26.2 Å². The van der Waals surface area contributed by atoms with Crippen LogP contribution < -0.4 is 5.32 Å². The molecule has 2 aliphatic rings. The summed E-state index contributed by atoms with van der Waals surface area (Å²) in [4.78, 5) is 22.2. The van der Waals surface area contributed by atoms with Crippen LogP contribution in [-0.4, -0.2) is 52.0 Å². The third-order valence-corrected chi connectivity index (χ3v) is 7.69. The second-order valence-electron chi connectivity index (χ2n) is 10.7. The van der Waals surface area contributed by atoms with Gasteiger partial charge in [-0.15, -0.1) is 0 Å². The summed E-state index contributed by atoms with van der Waals surface area (Å²) >= 11 is 0. The average molecular weight is 502 g/mol. The lowest BCUT2D eigenvalue weighted by atomic mass is 9.96. The smallest absolute Gasteiger partial charge is 0.241 e. The first-order valence-corrected chi connectivity index (χ1v) is 13.8. The van der Waals surface area contributed by atoms with Crippen molar-refractivity contribution in [1.29, 1.82) is 0 Å². The molecule has 1 N–H and O–H groups in total. The molecule has 0 saturated carbocycles. The van der Waals surface area contributed by atoms with Crippen molar-refractivity contribution < 1.29 is 9.32 Å². The number of piperidine rings is 1.